The Labute approximate surface area is 177 Å². The van der Waals surface area contributed by atoms with E-state index in [0.717, 1.165) is 0 Å². The van der Waals surface area contributed by atoms with Crippen molar-refractivity contribution in [3.05, 3.63) is 71.8 Å². The molecule has 2 aromatic rings. The molecule has 1 fully saturated rings. The lowest BCUT2D eigenvalue weighted by Gasteiger charge is -2.39. The molecule has 0 bridgehead atoms. The van der Waals surface area contributed by atoms with Crippen LogP contribution in [0.3, 0.4) is 0 Å². The van der Waals surface area contributed by atoms with E-state index < -0.39 is 18.1 Å². The molecule has 30 heavy (non-hydrogen) atoms. The fourth-order valence-corrected chi connectivity index (χ4v) is 3.73. The van der Waals surface area contributed by atoms with Gasteiger partial charge in [-0.2, -0.15) is 0 Å². The second-order valence-corrected chi connectivity index (χ2v) is 7.16. The zero-order valence-electron chi connectivity index (χ0n) is 17.5. The maximum atomic E-state index is 12.5. The highest BCUT2D eigenvalue weighted by atomic mass is 16.7. The highest BCUT2D eigenvalue weighted by Gasteiger charge is 2.30. The molecule has 160 valence electrons. The van der Waals surface area contributed by atoms with Crippen molar-refractivity contribution < 1.29 is 19.1 Å². The van der Waals surface area contributed by atoms with Crippen molar-refractivity contribution in [3.63, 3.8) is 0 Å². The maximum Gasteiger partial charge on any atom is 0.311 e. The fraction of sp³-hybridized carbons (Fsp3) is 0.391. The van der Waals surface area contributed by atoms with Gasteiger partial charge in [0.15, 0.2) is 6.29 Å². The number of amides is 2. The van der Waals surface area contributed by atoms with Crippen LogP contribution < -0.4 is 5.32 Å². The molecule has 3 rings (SSSR count). The molecule has 0 atom stereocenters. The van der Waals surface area contributed by atoms with Crippen molar-refractivity contribution in [1.29, 1.82) is 0 Å². The summed E-state index contributed by atoms with van der Waals surface area (Å²) in [6.45, 7) is 2.50. The van der Waals surface area contributed by atoms with E-state index in [0.29, 0.717) is 26.2 Å². The van der Waals surface area contributed by atoms with E-state index in [2.05, 4.69) is 34.5 Å². The van der Waals surface area contributed by atoms with Crippen LogP contribution in [0.15, 0.2) is 60.7 Å². The van der Waals surface area contributed by atoms with Gasteiger partial charge >= 0.3 is 11.8 Å². The predicted molar refractivity (Wildman–Crippen MR) is 114 cm³/mol. The number of nitrogens with one attached hydrogen (secondary N) is 1. The second-order valence-electron chi connectivity index (χ2n) is 7.16. The minimum absolute atomic E-state index is 0.114. The molecule has 0 unspecified atom stereocenters. The summed E-state index contributed by atoms with van der Waals surface area (Å²) in [5, 5.41) is 2.57. The summed E-state index contributed by atoms with van der Waals surface area (Å²) in [6, 6.07) is 20.8. The summed E-state index contributed by atoms with van der Waals surface area (Å²) in [5.74, 6) is -1.15. The first-order valence-corrected chi connectivity index (χ1v) is 10.1. The van der Waals surface area contributed by atoms with E-state index in [9.17, 15) is 9.59 Å². The summed E-state index contributed by atoms with van der Waals surface area (Å²) in [7, 11) is 2.97. The minimum atomic E-state index is -0.634. The maximum absolute atomic E-state index is 12.5. The monoisotopic (exact) mass is 411 g/mol. The summed E-state index contributed by atoms with van der Waals surface area (Å²) in [4.78, 5) is 28.7. The van der Waals surface area contributed by atoms with Crippen molar-refractivity contribution in [2.75, 3.05) is 46.9 Å². The topological polar surface area (TPSA) is 71.1 Å². The highest BCUT2D eigenvalue weighted by Crippen LogP contribution is 2.29. The molecule has 1 saturated heterocycles. The van der Waals surface area contributed by atoms with E-state index in [-0.39, 0.29) is 12.6 Å². The first-order chi connectivity index (χ1) is 14.6. The van der Waals surface area contributed by atoms with Gasteiger partial charge in [-0.25, -0.2) is 0 Å². The average Bonchev–Trinajstić information content (AvgIpc) is 2.81. The van der Waals surface area contributed by atoms with Crippen LogP contribution in [-0.4, -0.2) is 74.8 Å². The Kier molecular flexibility index (Phi) is 7.96. The van der Waals surface area contributed by atoms with E-state index in [1.54, 1.807) is 4.90 Å². The van der Waals surface area contributed by atoms with Gasteiger partial charge in [0.25, 0.3) is 0 Å². The Morgan fingerprint density at radius 1 is 0.867 bits per heavy atom. The lowest BCUT2D eigenvalue weighted by atomic mass is 9.96. The Balaban J connectivity index is 1.63. The molecular formula is C23H29N3O4. The van der Waals surface area contributed by atoms with E-state index in [4.69, 9.17) is 9.47 Å². The van der Waals surface area contributed by atoms with Crippen LogP contribution in [0.1, 0.15) is 17.2 Å². The number of hydrogen-bond acceptors (Lipinski definition) is 5. The summed E-state index contributed by atoms with van der Waals surface area (Å²) >= 11 is 0. The van der Waals surface area contributed by atoms with Crippen molar-refractivity contribution in [1.82, 2.24) is 15.1 Å². The molecule has 0 radical (unpaired) electrons. The zero-order chi connectivity index (χ0) is 21.3. The molecule has 1 aliphatic rings. The molecule has 0 aromatic heterocycles. The zero-order valence-corrected chi connectivity index (χ0v) is 17.5. The second kappa shape index (κ2) is 10.9. The van der Waals surface area contributed by atoms with E-state index in [1.165, 1.54) is 25.3 Å². The number of carbonyl (C=O) groups excluding carboxylic acids is 2. The Hall–Kier alpha value is -2.74. The largest absolute Gasteiger partial charge is 0.354 e. The lowest BCUT2D eigenvalue weighted by molar-refractivity contribution is -0.149. The first-order valence-electron chi connectivity index (χ1n) is 10.1. The quantitative estimate of drug-likeness (QED) is 0.554. The van der Waals surface area contributed by atoms with Crippen LogP contribution in [0, 0.1) is 0 Å². The standard InChI is InChI=1S/C23H29N3O4/c1-29-20(30-2)17-24-22(27)23(28)26-15-13-25(14-16-26)21(18-9-5-3-6-10-18)19-11-7-4-8-12-19/h3-12,20-21H,13-17H2,1-2H3,(H,24,27). The molecule has 1 aliphatic heterocycles. The van der Waals surface area contributed by atoms with Crippen LogP contribution in [0.4, 0.5) is 0 Å². The third-order valence-electron chi connectivity index (χ3n) is 5.35. The van der Waals surface area contributed by atoms with Crippen molar-refractivity contribution in [2.45, 2.75) is 12.3 Å². The van der Waals surface area contributed by atoms with Gasteiger partial charge in [-0.1, -0.05) is 60.7 Å². The van der Waals surface area contributed by atoms with Gasteiger partial charge in [-0.3, -0.25) is 14.5 Å². The Bertz CT molecular complexity index is 764. The van der Waals surface area contributed by atoms with Gasteiger partial charge in [0.1, 0.15) is 0 Å². The Morgan fingerprint density at radius 3 is 1.83 bits per heavy atom. The molecule has 1 heterocycles. The molecule has 0 saturated carbocycles. The summed E-state index contributed by atoms with van der Waals surface area (Å²) < 4.78 is 10.1. The molecule has 0 aliphatic carbocycles. The highest BCUT2D eigenvalue weighted by molar-refractivity contribution is 6.35. The minimum Gasteiger partial charge on any atom is -0.354 e. The SMILES string of the molecule is COC(CNC(=O)C(=O)N1CCN(C(c2ccccc2)c2ccccc2)CC1)OC. The van der Waals surface area contributed by atoms with Gasteiger partial charge in [0, 0.05) is 40.4 Å². The molecule has 7 heteroatoms. The number of hydrogen-bond donors (Lipinski definition) is 1. The number of nitrogens with zero attached hydrogens (tertiary/aromatic N) is 2. The Morgan fingerprint density at radius 2 is 1.37 bits per heavy atom. The predicted octanol–water partition coefficient (Wildman–Crippen LogP) is 1.66. The van der Waals surface area contributed by atoms with Crippen molar-refractivity contribution >= 4 is 11.8 Å². The number of methoxy groups -OCH3 is 2. The number of piperazine rings is 1. The number of benzene rings is 2. The first kappa shape index (κ1) is 22.0. The molecule has 0 spiro atoms. The third kappa shape index (κ3) is 5.44. The number of rotatable bonds is 7. The normalized spacial score (nSPS) is 14.9. The number of ether oxygens (including phenoxy) is 2. The molecule has 2 aromatic carbocycles. The van der Waals surface area contributed by atoms with Crippen molar-refractivity contribution in [2.24, 2.45) is 0 Å². The average molecular weight is 412 g/mol. The van der Waals surface area contributed by atoms with Gasteiger partial charge < -0.3 is 19.7 Å². The van der Waals surface area contributed by atoms with Gasteiger partial charge in [0.2, 0.25) is 0 Å². The third-order valence-corrected chi connectivity index (χ3v) is 5.35. The molecular weight excluding hydrogens is 382 g/mol. The molecule has 1 N–H and O–H groups in total. The van der Waals surface area contributed by atoms with E-state index >= 15 is 0 Å². The van der Waals surface area contributed by atoms with Crippen LogP contribution in [-0.2, 0) is 19.1 Å². The van der Waals surface area contributed by atoms with Crippen molar-refractivity contribution in [3.8, 4) is 0 Å². The van der Waals surface area contributed by atoms with Gasteiger partial charge in [-0.05, 0) is 11.1 Å². The lowest BCUT2D eigenvalue weighted by Crippen LogP contribution is -2.53. The smallest absolute Gasteiger partial charge is 0.311 e. The van der Waals surface area contributed by atoms with Gasteiger partial charge in [-0.15, -0.1) is 0 Å². The molecule has 2 amide bonds. The van der Waals surface area contributed by atoms with Crippen LogP contribution in [0.2, 0.25) is 0 Å². The summed E-state index contributed by atoms with van der Waals surface area (Å²) in [6.07, 6.45) is -0.573. The van der Waals surface area contributed by atoms with Gasteiger partial charge in [0.05, 0.1) is 12.6 Å². The van der Waals surface area contributed by atoms with Crippen LogP contribution in [0.5, 0.6) is 0 Å². The summed E-state index contributed by atoms with van der Waals surface area (Å²) in [5.41, 5.74) is 2.43. The molecule has 7 nitrogen and oxygen atoms in total. The fourth-order valence-electron chi connectivity index (χ4n) is 3.73. The number of carbonyl (C=O) groups is 2. The van der Waals surface area contributed by atoms with Crippen LogP contribution >= 0.6 is 0 Å². The van der Waals surface area contributed by atoms with E-state index in [1.807, 2.05) is 36.4 Å². The van der Waals surface area contributed by atoms with Crippen LogP contribution in [0.25, 0.3) is 0 Å².